The van der Waals surface area contributed by atoms with Crippen molar-refractivity contribution in [3.05, 3.63) is 28.2 Å². The van der Waals surface area contributed by atoms with Gasteiger partial charge in [-0.25, -0.2) is 0 Å². The topological polar surface area (TPSA) is 38.8 Å². The Morgan fingerprint density at radius 3 is 2.68 bits per heavy atom. The summed E-state index contributed by atoms with van der Waals surface area (Å²) >= 11 is 3.52. The van der Waals surface area contributed by atoms with Crippen LogP contribution in [0.4, 0.5) is 0 Å². The van der Waals surface area contributed by atoms with Crippen molar-refractivity contribution in [1.82, 2.24) is 4.90 Å². The third-order valence-electron chi connectivity index (χ3n) is 2.77. The van der Waals surface area contributed by atoms with E-state index in [-0.39, 0.29) is 5.97 Å². The lowest BCUT2D eigenvalue weighted by Crippen LogP contribution is -2.31. The standard InChI is InChI=1S/C14H20BrNO3/c1-4-7-16(10-14(17)19-3)9-11-8-12(18-2)5-6-13(11)15/h5-6,8H,4,7,9-10H2,1-3H3. The molecule has 4 nitrogen and oxygen atoms in total. The maximum Gasteiger partial charge on any atom is 0.319 e. The number of ether oxygens (including phenoxy) is 2. The highest BCUT2D eigenvalue weighted by Crippen LogP contribution is 2.23. The summed E-state index contributed by atoms with van der Waals surface area (Å²) in [7, 11) is 3.05. The summed E-state index contributed by atoms with van der Waals surface area (Å²) in [6.45, 7) is 3.92. The Kier molecular flexibility index (Phi) is 6.87. The van der Waals surface area contributed by atoms with Crippen molar-refractivity contribution in [1.29, 1.82) is 0 Å². The summed E-state index contributed by atoms with van der Waals surface area (Å²) in [6, 6.07) is 5.83. The molecule has 0 aromatic heterocycles. The molecular formula is C14H20BrNO3. The minimum absolute atomic E-state index is 0.215. The number of hydrogen-bond acceptors (Lipinski definition) is 4. The van der Waals surface area contributed by atoms with E-state index in [4.69, 9.17) is 9.47 Å². The van der Waals surface area contributed by atoms with Crippen molar-refractivity contribution in [3.8, 4) is 5.75 Å². The molecule has 0 bridgehead atoms. The minimum Gasteiger partial charge on any atom is -0.497 e. The first-order chi connectivity index (χ1) is 9.10. The molecule has 1 aromatic rings. The summed E-state index contributed by atoms with van der Waals surface area (Å²) in [5.74, 6) is 0.597. The Balaban J connectivity index is 2.80. The van der Waals surface area contributed by atoms with E-state index in [1.54, 1.807) is 7.11 Å². The van der Waals surface area contributed by atoms with Crippen molar-refractivity contribution in [2.24, 2.45) is 0 Å². The van der Waals surface area contributed by atoms with Gasteiger partial charge in [0, 0.05) is 11.0 Å². The van der Waals surface area contributed by atoms with E-state index in [9.17, 15) is 4.79 Å². The molecule has 1 aromatic carbocycles. The summed E-state index contributed by atoms with van der Waals surface area (Å²) < 4.78 is 11.0. The lowest BCUT2D eigenvalue weighted by atomic mass is 10.2. The van der Waals surface area contributed by atoms with E-state index >= 15 is 0 Å². The average Bonchev–Trinajstić information content (AvgIpc) is 2.41. The number of halogens is 1. The number of benzene rings is 1. The molecule has 0 spiro atoms. The molecule has 0 fully saturated rings. The first-order valence-electron chi connectivity index (χ1n) is 6.22. The Labute approximate surface area is 122 Å². The summed E-state index contributed by atoms with van der Waals surface area (Å²) in [5.41, 5.74) is 1.09. The normalized spacial score (nSPS) is 10.6. The van der Waals surface area contributed by atoms with Gasteiger partial charge in [0.05, 0.1) is 20.8 Å². The second-order valence-corrected chi connectivity index (χ2v) is 5.10. The van der Waals surface area contributed by atoms with Gasteiger partial charge in [-0.05, 0) is 36.7 Å². The largest absolute Gasteiger partial charge is 0.497 e. The molecule has 0 atom stereocenters. The van der Waals surface area contributed by atoms with E-state index in [0.29, 0.717) is 13.1 Å². The van der Waals surface area contributed by atoms with Crippen molar-refractivity contribution < 1.29 is 14.3 Å². The van der Waals surface area contributed by atoms with Crippen molar-refractivity contribution in [3.63, 3.8) is 0 Å². The van der Waals surface area contributed by atoms with E-state index in [1.165, 1.54) is 7.11 Å². The first kappa shape index (κ1) is 16.0. The van der Waals surface area contributed by atoms with E-state index in [0.717, 1.165) is 28.8 Å². The molecule has 106 valence electrons. The van der Waals surface area contributed by atoms with Crippen LogP contribution in [0, 0.1) is 0 Å². The van der Waals surface area contributed by atoms with Crippen LogP contribution in [-0.2, 0) is 16.1 Å². The molecule has 0 aliphatic rings. The van der Waals surface area contributed by atoms with Crippen LogP contribution in [0.3, 0.4) is 0 Å². The molecule has 0 amide bonds. The van der Waals surface area contributed by atoms with Crippen molar-refractivity contribution in [2.75, 3.05) is 27.3 Å². The monoisotopic (exact) mass is 329 g/mol. The number of nitrogens with zero attached hydrogens (tertiary/aromatic N) is 1. The van der Waals surface area contributed by atoms with Crippen molar-refractivity contribution >= 4 is 21.9 Å². The smallest absolute Gasteiger partial charge is 0.319 e. The van der Waals surface area contributed by atoms with Crippen LogP contribution >= 0.6 is 15.9 Å². The zero-order valence-electron chi connectivity index (χ0n) is 11.6. The lowest BCUT2D eigenvalue weighted by molar-refractivity contribution is -0.142. The number of hydrogen-bond donors (Lipinski definition) is 0. The van der Waals surface area contributed by atoms with E-state index in [2.05, 4.69) is 27.8 Å². The fourth-order valence-electron chi connectivity index (χ4n) is 1.82. The minimum atomic E-state index is -0.215. The molecule has 5 heteroatoms. The Hall–Kier alpha value is -1.07. The van der Waals surface area contributed by atoms with Gasteiger partial charge in [0.1, 0.15) is 5.75 Å². The van der Waals surface area contributed by atoms with Gasteiger partial charge in [-0.3, -0.25) is 9.69 Å². The highest BCUT2D eigenvalue weighted by Gasteiger charge is 2.13. The molecule has 0 saturated carbocycles. The van der Waals surface area contributed by atoms with Gasteiger partial charge >= 0.3 is 5.97 Å². The second-order valence-electron chi connectivity index (χ2n) is 4.24. The molecule has 0 heterocycles. The number of rotatable bonds is 7. The van der Waals surface area contributed by atoms with Crippen LogP contribution in [0.15, 0.2) is 22.7 Å². The maximum atomic E-state index is 11.4. The quantitative estimate of drug-likeness (QED) is 0.721. The van der Waals surface area contributed by atoms with Crippen LogP contribution in [0.2, 0.25) is 0 Å². The molecular weight excluding hydrogens is 310 g/mol. The van der Waals surface area contributed by atoms with Gasteiger partial charge in [0.15, 0.2) is 0 Å². The predicted molar refractivity (Wildman–Crippen MR) is 78.3 cm³/mol. The fourth-order valence-corrected chi connectivity index (χ4v) is 2.19. The van der Waals surface area contributed by atoms with Gasteiger partial charge in [0.2, 0.25) is 0 Å². The Bertz CT molecular complexity index is 423. The van der Waals surface area contributed by atoms with Crippen LogP contribution < -0.4 is 4.74 Å². The number of methoxy groups -OCH3 is 2. The number of carbonyl (C=O) groups excluding carboxylic acids is 1. The van der Waals surface area contributed by atoms with Crippen LogP contribution in [-0.4, -0.2) is 38.2 Å². The van der Waals surface area contributed by atoms with Crippen LogP contribution in [0.1, 0.15) is 18.9 Å². The van der Waals surface area contributed by atoms with Gasteiger partial charge in [-0.15, -0.1) is 0 Å². The summed E-state index contributed by atoms with van der Waals surface area (Å²) in [4.78, 5) is 13.5. The van der Waals surface area contributed by atoms with E-state index < -0.39 is 0 Å². The van der Waals surface area contributed by atoms with Gasteiger partial charge in [-0.2, -0.15) is 0 Å². The number of carbonyl (C=O) groups is 1. The summed E-state index contributed by atoms with van der Waals surface area (Å²) in [5, 5.41) is 0. The average molecular weight is 330 g/mol. The Morgan fingerprint density at radius 2 is 2.11 bits per heavy atom. The molecule has 0 unspecified atom stereocenters. The van der Waals surface area contributed by atoms with Gasteiger partial charge in [-0.1, -0.05) is 22.9 Å². The molecule has 19 heavy (non-hydrogen) atoms. The fraction of sp³-hybridized carbons (Fsp3) is 0.500. The molecule has 0 aliphatic carbocycles. The number of esters is 1. The van der Waals surface area contributed by atoms with Gasteiger partial charge < -0.3 is 9.47 Å². The summed E-state index contributed by atoms with van der Waals surface area (Å²) in [6.07, 6.45) is 0.985. The first-order valence-corrected chi connectivity index (χ1v) is 7.01. The van der Waals surface area contributed by atoms with Gasteiger partial charge in [0.25, 0.3) is 0 Å². The third-order valence-corrected chi connectivity index (χ3v) is 3.54. The van der Waals surface area contributed by atoms with Crippen molar-refractivity contribution in [2.45, 2.75) is 19.9 Å². The maximum absolute atomic E-state index is 11.4. The molecule has 0 aliphatic heterocycles. The Morgan fingerprint density at radius 1 is 1.37 bits per heavy atom. The molecule has 0 radical (unpaired) electrons. The second kappa shape index (κ2) is 8.17. The lowest BCUT2D eigenvalue weighted by Gasteiger charge is -2.21. The SMILES string of the molecule is CCCN(CC(=O)OC)Cc1cc(OC)ccc1Br. The molecule has 1 rings (SSSR count). The highest BCUT2D eigenvalue weighted by atomic mass is 79.9. The van der Waals surface area contributed by atoms with E-state index in [1.807, 2.05) is 18.2 Å². The third kappa shape index (κ3) is 5.20. The molecule has 0 saturated heterocycles. The van der Waals surface area contributed by atoms with Crippen LogP contribution in [0.25, 0.3) is 0 Å². The predicted octanol–water partition coefficient (Wildman–Crippen LogP) is 2.84. The highest BCUT2D eigenvalue weighted by molar-refractivity contribution is 9.10. The zero-order chi connectivity index (χ0) is 14.3. The van der Waals surface area contributed by atoms with Crippen LogP contribution in [0.5, 0.6) is 5.75 Å². The molecule has 0 N–H and O–H groups in total. The zero-order valence-corrected chi connectivity index (χ0v) is 13.2.